The van der Waals surface area contributed by atoms with Crippen molar-refractivity contribution in [2.75, 3.05) is 6.54 Å². The van der Waals surface area contributed by atoms with Gasteiger partial charge in [-0.05, 0) is 19.3 Å². The van der Waals surface area contributed by atoms with Crippen molar-refractivity contribution in [1.29, 1.82) is 0 Å². The van der Waals surface area contributed by atoms with Crippen molar-refractivity contribution in [2.45, 2.75) is 53.5 Å². The third-order valence-electron chi connectivity index (χ3n) is 2.57. The first-order valence-electron chi connectivity index (χ1n) is 5.42. The van der Waals surface area contributed by atoms with Gasteiger partial charge in [0.1, 0.15) is 0 Å². The summed E-state index contributed by atoms with van der Waals surface area (Å²) in [5, 5.41) is 0. The lowest BCUT2D eigenvalue weighted by molar-refractivity contribution is -0.130. The number of hydrogen-bond acceptors (Lipinski definition) is 1. The predicted molar refractivity (Wildman–Crippen MR) is 56.6 cm³/mol. The lowest BCUT2D eigenvalue weighted by atomic mass is 10.1. The maximum absolute atomic E-state index is 11.2. The Hall–Kier alpha value is -0.530. The van der Waals surface area contributed by atoms with E-state index in [0.29, 0.717) is 17.9 Å². The molecule has 13 heavy (non-hydrogen) atoms. The highest BCUT2D eigenvalue weighted by Gasteiger charge is 2.26. The van der Waals surface area contributed by atoms with E-state index in [-0.39, 0.29) is 0 Å². The Morgan fingerprint density at radius 3 is 2.08 bits per heavy atom. The zero-order valence-electron chi connectivity index (χ0n) is 9.63. The summed E-state index contributed by atoms with van der Waals surface area (Å²) in [4.78, 5) is 13.3. The van der Waals surface area contributed by atoms with Gasteiger partial charge < -0.3 is 4.90 Å². The second-order valence-electron chi connectivity index (χ2n) is 3.68. The Kier molecular flexibility index (Phi) is 5.76. The van der Waals surface area contributed by atoms with Crippen LogP contribution in [-0.4, -0.2) is 23.4 Å². The van der Waals surface area contributed by atoms with Gasteiger partial charge in [-0.15, -0.1) is 0 Å². The van der Waals surface area contributed by atoms with E-state index in [1.54, 1.807) is 0 Å². The number of rotatable bonds is 2. The SMILES string of the molecule is CC.CC(C)C(C)N1CCCC1=O. The summed E-state index contributed by atoms with van der Waals surface area (Å²) in [6.07, 6.45) is 1.81. The number of nitrogens with zero attached hydrogens (tertiary/aromatic N) is 1. The van der Waals surface area contributed by atoms with Crippen LogP contribution in [0.4, 0.5) is 0 Å². The van der Waals surface area contributed by atoms with Gasteiger partial charge in [0.25, 0.3) is 0 Å². The van der Waals surface area contributed by atoms with Crippen LogP contribution in [0.5, 0.6) is 0 Å². The molecule has 1 heterocycles. The van der Waals surface area contributed by atoms with Crippen LogP contribution in [0.25, 0.3) is 0 Å². The summed E-state index contributed by atoms with van der Waals surface area (Å²) in [5.41, 5.74) is 0. The van der Waals surface area contributed by atoms with E-state index in [0.717, 1.165) is 19.4 Å². The van der Waals surface area contributed by atoms with Crippen molar-refractivity contribution in [3.05, 3.63) is 0 Å². The molecule has 1 aliphatic rings. The van der Waals surface area contributed by atoms with Crippen LogP contribution in [0.2, 0.25) is 0 Å². The van der Waals surface area contributed by atoms with Crippen molar-refractivity contribution < 1.29 is 4.79 Å². The van der Waals surface area contributed by atoms with Crippen molar-refractivity contribution in [3.63, 3.8) is 0 Å². The number of amides is 1. The van der Waals surface area contributed by atoms with Crippen LogP contribution in [0.1, 0.15) is 47.5 Å². The van der Waals surface area contributed by atoms with Gasteiger partial charge in [-0.2, -0.15) is 0 Å². The van der Waals surface area contributed by atoms with Gasteiger partial charge in [0.05, 0.1) is 0 Å². The fraction of sp³-hybridized carbons (Fsp3) is 0.909. The summed E-state index contributed by atoms with van der Waals surface area (Å²) >= 11 is 0. The Morgan fingerprint density at radius 2 is 1.77 bits per heavy atom. The van der Waals surface area contributed by atoms with E-state index >= 15 is 0 Å². The number of hydrogen-bond donors (Lipinski definition) is 0. The highest BCUT2D eigenvalue weighted by Crippen LogP contribution is 2.17. The van der Waals surface area contributed by atoms with E-state index in [1.165, 1.54) is 0 Å². The predicted octanol–water partition coefficient (Wildman–Crippen LogP) is 2.68. The zero-order chi connectivity index (χ0) is 10.4. The third-order valence-corrected chi connectivity index (χ3v) is 2.57. The molecule has 0 aromatic rings. The number of carbonyl (C=O) groups is 1. The normalized spacial score (nSPS) is 18.6. The van der Waals surface area contributed by atoms with Crippen LogP contribution in [0.3, 0.4) is 0 Å². The smallest absolute Gasteiger partial charge is 0.222 e. The minimum absolute atomic E-state index is 0.339. The van der Waals surface area contributed by atoms with E-state index < -0.39 is 0 Å². The fourth-order valence-corrected chi connectivity index (χ4v) is 1.46. The number of likely N-dealkylation sites (tertiary alicyclic amines) is 1. The summed E-state index contributed by atoms with van der Waals surface area (Å²) in [7, 11) is 0. The molecule has 0 spiro atoms. The Balaban J connectivity index is 0.000000671. The second kappa shape index (κ2) is 6.01. The van der Waals surface area contributed by atoms with E-state index in [4.69, 9.17) is 0 Å². The van der Waals surface area contributed by atoms with Gasteiger partial charge in [0, 0.05) is 19.0 Å². The summed E-state index contributed by atoms with van der Waals surface area (Å²) < 4.78 is 0. The van der Waals surface area contributed by atoms with Gasteiger partial charge in [-0.25, -0.2) is 0 Å². The largest absolute Gasteiger partial charge is 0.340 e. The maximum Gasteiger partial charge on any atom is 0.222 e. The zero-order valence-corrected chi connectivity index (χ0v) is 9.63. The molecule has 1 fully saturated rings. The standard InChI is InChI=1S/C9H17NO.C2H6/c1-7(2)8(3)10-6-4-5-9(10)11;1-2/h7-8H,4-6H2,1-3H3;1-2H3. The van der Waals surface area contributed by atoms with E-state index in [1.807, 2.05) is 18.7 Å². The molecule has 1 saturated heterocycles. The Labute approximate surface area is 82.3 Å². The van der Waals surface area contributed by atoms with Crippen molar-refractivity contribution >= 4 is 5.91 Å². The van der Waals surface area contributed by atoms with Crippen molar-refractivity contribution in [2.24, 2.45) is 5.92 Å². The molecule has 78 valence electrons. The molecule has 0 N–H and O–H groups in total. The molecule has 1 aliphatic heterocycles. The molecular formula is C11H23NO. The van der Waals surface area contributed by atoms with Crippen molar-refractivity contribution in [3.8, 4) is 0 Å². The quantitative estimate of drug-likeness (QED) is 0.647. The topological polar surface area (TPSA) is 20.3 Å². The molecule has 1 rings (SSSR count). The first-order chi connectivity index (χ1) is 6.13. The highest BCUT2D eigenvalue weighted by atomic mass is 16.2. The van der Waals surface area contributed by atoms with Gasteiger partial charge >= 0.3 is 0 Å². The fourth-order valence-electron chi connectivity index (χ4n) is 1.46. The Morgan fingerprint density at radius 1 is 1.23 bits per heavy atom. The van der Waals surface area contributed by atoms with Crippen LogP contribution < -0.4 is 0 Å². The third kappa shape index (κ3) is 3.37. The van der Waals surface area contributed by atoms with Crippen LogP contribution >= 0.6 is 0 Å². The molecule has 1 atom stereocenters. The monoisotopic (exact) mass is 185 g/mol. The van der Waals surface area contributed by atoms with Crippen LogP contribution in [0, 0.1) is 5.92 Å². The highest BCUT2D eigenvalue weighted by molar-refractivity contribution is 5.78. The average molecular weight is 185 g/mol. The summed E-state index contributed by atoms with van der Waals surface area (Å²) in [6, 6.07) is 0.421. The summed E-state index contributed by atoms with van der Waals surface area (Å²) in [6.45, 7) is 11.4. The molecule has 0 saturated carbocycles. The lowest BCUT2D eigenvalue weighted by Crippen LogP contribution is -2.37. The van der Waals surface area contributed by atoms with E-state index in [2.05, 4.69) is 20.8 Å². The molecule has 0 bridgehead atoms. The minimum atomic E-state index is 0.339. The second-order valence-corrected chi connectivity index (χ2v) is 3.68. The minimum Gasteiger partial charge on any atom is -0.340 e. The van der Waals surface area contributed by atoms with Crippen LogP contribution in [-0.2, 0) is 4.79 Å². The molecule has 0 radical (unpaired) electrons. The molecule has 2 nitrogen and oxygen atoms in total. The van der Waals surface area contributed by atoms with Gasteiger partial charge in [0.15, 0.2) is 0 Å². The summed E-state index contributed by atoms with van der Waals surface area (Å²) in [5.74, 6) is 0.920. The Bertz CT molecular complexity index is 154. The molecule has 0 aromatic carbocycles. The van der Waals surface area contributed by atoms with Gasteiger partial charge in [-0.1, -0.05) is 27.7 Å². The first-order valence-corrected chi connectivity index (χ1v) is 5.42. The van der Waals surface area contributed by atoms with Crippen LogP contribution in [0.15, 0.2) is 0 Å². The number of carbonyl (C=O) groups excluding carboxylic acids is 1. The average Bonchev–Trinajstić information content (AvgIpc) is 2.53. The van der Waals surface area contributed by atoms with Gasteiger partial charge in [-0.3, -0.25) is 4.79 Å². The first kappa shape index (κ1) is 12.5. The molecule has 2 heteroatoms. The molecule has 0 aromatic heterocycles. The molecule has 1 amide bonds. The van der Waals surface area contributed by atoms with Crippen molar-refractivity contribution in [1.82, 2.24) is 4.90 Å². The molecule has 0 aliphatic carbocycles. The van der Waals surface area contributed by atoms with E-state index in [9.17, 15) is 4.79 Å². The molecule has 1 unspecified atom stereocenters. The lowest BCUT2D eigenvalue weighted by Gasteiger charge is -2.27. The van der Waals surface area contributed by atoms with Gasteiger partial charge in [0.2, 0.25) is 5.91 Å². The maximum atomic E-state index is 11.2. The molecular weight excluding hydrogens is 162 g/mol.